The second-order valence-electron chi connectivity index (χ2n) is 4.63. The van der Waals surface area contributed by atoms with Gasteiger partial charge in [0.05, 0.1) is 5.56 Å². The minimum absolute atomic E-state index is 0.197. The van der Waals surface area contributed by atoms with Crippen LogP contribution in [0, 0.1) is 0 Å². The molecule has 0 radical (unpaired) electrons. The van der Waals surface area contributed by atoms with E-state index >= 15 is 0 Å². The van der Waals surface area contributed by atoms with E-state index in [-0.39, 0.29) is 17.2 Å². The summed E-state index contributed by atoms with van der Waals surface area (Å²) in [5, 5.41) is 2.78. The molecule has 0 saturated carbocycles. The molecule has 0 bridgehead atoms. The molecule has 6 nitrogen and oxygen atoms in total. The summed E-state index contributed by atoms with van der Waals surface area (Å²) in [6, 6.07) is 4.77. The molecule has 2 heterocycles. The maximum atomic E-state index is 12.7. The van der Waals surface area contributed by atoms with E-state index in [1.807, 2.05) is 0 Å². The quantitative estimate of drug-likeness (QED) is 0.775. The lowest BCUT2D eigenvalue weighted by Gasteiger charge is -2.13. The van der Waals surface area contributed by atoms with E-state index < -0.39 is 11.7 Å². The molecule has 0 spiro atoms. The van der Waals surface area contributed by atoms with E-state index in [0.29, 0.717) is 5.82 Å². The number of nitrogen functional groups attached to an aromatic ring is 1. The Kier molecular flexibility index (Phi) is 3.61. The number of hydrogen-bond acceptors (Lipinski definition) is 5. The average molecular weight is 320 g/mol. The zero-order chi connectivity index (χ0) is 16.4. The van der Waals surface area contributed by atoms with Crippen LogP contribution in [-0.2, 0) is 6.18 Å². The summed E-state index contributed by atoms with van der Waals surface area (Å²) in [7, 11) is 0. The van der Waals surface area contributed by atoms with Gasteiger partial charge < -0.3 is 11.1 Å². The molecule has 0 aliphatic carbocycles. The highest BCUT2D eigenvalue weighted by atomic mass is 19.4. The first-order valence-electron chi connectivity index (χ1n) is 6.48. The van der Waals surface area contributed by atoms with Crippen LogP contribution in [0.4, 0.5) is 30.4 Å². The van der Waals surface area contributed by atoms with Crippen molar-refractivity contribution in [1.29, 1.82) is 0 Å². The number of hydrogen-bond donors (Lipinski definition) is 2. The molecule has 0 amide bonds. The van der Waals surface area contributed by atoms with Crippen LogP contribution in [0.2, 0.25) is 0 Å². The van der Waals surface area contributed by atoms with Crippen molar-refractivity contribution >= 4 is 17.2 Å². The van der Waals surface area contributed by atoms with Crippen molar-refractivity contribution in [3.05, 3.63) is 54.9 Å². The molecule has 23 heavy (non-hydrogen) atoms. The molecule has 3 rings (SSSR count). The van der Waals surface area contributed by atoms with Crippen molar-refractivity contribution in [2.24, 2.45) is 0 Å². The maximum absolute atomic E-state index is 12.7. The van der Waals surface area contributed by atoms with Gasteiger partial charge in [-0.3, -0.25) is 4.57 Å². The molecule has 118 valence electrons. The van der Waals surface area contributed by atoms with Crippen LogP contribution in [0.3, 0.4) is 0 Å². The highest BCUT2D eigenvalue weighted by molar-refractivity contribution is 5.74. The molecule has 0 fully saturated rings. The van der Waals surface area contributed by atoms with Crippen molar-refractivity contribution in [3.8, 4) is 5.82 Å². The molecule has 3 N–H and O–H groups in total. The fourth-order valence-corrected chi connectivity index (χ4v) is 1.99. The largest absolute Gasteiger partial charge is 0.416 e. The molecule has 0 unspecified atom stereocenters. The Morgan fingerprint density at radius 3 is 2.70 bits per heavy atom. The number of alkyl halides is 3. The molecular weight excluding hydrogens is 309 g/mol. The SMILES string of the molecule is Nc1c(Nc2cccc(C(F)(F)F)c2)ncnc1-n1ccnc1. The van der Waals surface area contributed by atoms with Crippen LogP contribution in [0.5, 0.6) is 0 Å². The average Bonchev–Trinajstić information content (AvgIpc) is 3.03. The Bertz CT molecular complexity index is 814. The van der Waals surface area contributed by atoms with Crippen molar-refractivity contribution in [2.45, 2.75) is 6.18 Å². The number of halogens is 3. The maximum Gasteiger partial charge on any atom is 0.416 e. The van der Waals surface area contributed by atoms with Gasteiger partial charge in [0.1, 0.15) is 18.3 Å². The zero-order valence-electron chi connectivity index (χ0n) is 11.6. The number of nitrogens with one attached hydrogen (secondary N) is 1. The Hall–Kier alpha value is -3.10. The number of benzene rings is 1. The van der Waals surface area contributed by atoms with E-state index in [1.54, 1.807) is 17.0 Å². The van der Waals surface area contributed by atoms with Gasteiger partial charge in [-0.2, -0.15) is 13.2 Å². The lowest BCUT2D eigenvalue weighted by molar-refractivity contribution is -0.137. The predicted molar refractivity (Wildman–Crippen MR) is 78.3 cm³/mol. The van der Waals surface area contributed by atoms with Gasteiger partial charge >= 0.3 is 6.18 Å². The highest BCUT2D eigenvalue weighted by Crippen LogP contribution is 2.32. The highest BCUT2D eigenvalue weighted by Gasteiger charge is 2.30. The van der Waals surface area contributed by atoms with Gasteiger partial charge in [0, 0.05) is 18.1 Å². The number of nitrogens with two attached hydrogens (primary N) is 1. The van der Waals surface area contributed by atoms with Gasteiger partial charge in [-0.15, -0.1) is 0 Å². The Labute approximate surface area is 128 Å². The van der Waals surface area contributed by atoms with Gasteiger partial charge in [-0.05, 0) is 18.2 Å². The zero-order valence-corrected chi connectivity index (χ0v) is 11.6. The van der Waals surface area contributed by atoms with Crippen LogP contribution in [0.1, 0.15) is 5.56 Å². The van der Waals surface area contributed by atoms with Crippen LogP contribution in [-0.4, -0.2) is 19.5 Å². The topological polar surface area (TPSA) is 81.6 Å². The third-order valence-corrected chi connectivity index (χ3v) is 3.06. The van der Waals surface area contributed by atoms with Crippen LogP contribution < -0.4 is 11.1 Å². The standard InChI is InChI=1S/C14H11F3N6/c15-14(16,17)9-2-1-3-10(6-9)22-12-11(18)13(21-7-20-12)23-5-4-19-8-23/h1-8H,18H2,(H,20,21,22). The molecule has 0 atom stereocenters. The smallest absolute Gasteiger partial charge is 0.393 e. The van der Waals surface area contributed by atoms with E-state index in [0.717, 1.165) is 12.1 Å². The second-order valence-corrected chi connectivity index (χ2v) is 4.63. The van der Waals surface area contributed by atoms with E-state index in [2.05, 4.69) is 20.3 Å². The van der Waals surface area contributed by atoms with Crippen molar-refractivity contribution in [3.63, 3.8) is 0 Å². The summed E-state index contributed by atoms with van der Waals surface area (Å²) in [6.45, 7) is 0. The van der Waals surface area contributed by atoms with Gasteiger partial charge in [-0.25, -0.2) is 15.0 Å². The normalized spacial score (nSPS) is 11.4. The van der Waals surface area contributed by atoms with Crippen molar-refractivity contribution in [2.75, 3.05) is 11.1 Å². The molecule has 3 aromatic rings. The summed E-state index contributed by atoms with van der Waals surface area (Å²) < 4.78 is 39.8. The summed E-state index contributed by atoms with van der Waals surface area (Å²) in [4.78, 5) is 11.9. The van der Waals surface area contributed by atoms with Gasteiger partial charge in [0.15, 0.2) is 11.6 Å². The minimum Gasteiger partial charge on any atom is -0.393 e. The van der Waals surface area contributed by atoms with Crippen LogP contribution in [0.15, 0.2) is 49.3 Å². The first kappa shape index (κ1) is 14.8. The van der Waals surface area contributed by atoms with Gasteiger partial charge in [0.25, 0.3) is 0 Å². The number of imidazole rings is 1. The van der Waals surface area contributed by atoms with Crippen molar-refractivity contribution in [1.82, 2.24) is 19.5 Å². The third kappa shape index (κ3) is 3.07. The fourth-order valence-electron chi connectivity index (χ4n) is 1.99. The predicted octanol–water partition coefficient (Wildman–Crippen LogP) is 3.01. The van der Waals surface area contributed by atoms with Crippen LogP contribution >= 0.6 is 0 Å². The Balaban J connectivity index is 1.94. The van der Waals surface area contributed by atoms with E-state index in [9.17, 15) is 13.2 Å². The lowest BCUT2D eigenvalue weighted by Crippen LogP contribution is -2.08. The molecule has 0 aliphatic heterocycles. The number of nitrogens with zero attached hydrogens (tertiary/aromatic N) is 4. The second kappa shape index (κ2) is 5.59. The van der Waals surface area contributed by atoms with Gasteiger partial charge in [-0.1, -0.05) is 6.07 Å². The molecule has 9 heteroatoms. The Morgan fingerprint density at radius 2 is 2.00 bits per heavy atom. The third-order valence-electron chi connectivity index (χ3n) is 3.06. The minimum atomic E-state index is -4.42. The first-order valence-corrected chi connectivity index (χ1v) is 6.48. The number of anilines is 3. The summed E-state index contributed by atoms with van der Waals surface area (Å²) >= 11 is 0. The van der Waals surface area contributed by atoms with Crippen molar-refractivity contribution < 1.29 is 13.2 Å². The molecule has 2 aromatic heterocycles. The van der Waals surface area contributed by atoms with Gasteiger partial charge in [0.2, 0.25) is 0 Å². The Morgan fingerprint density at radius 1 is 1.17 bits per heavy atom. The molecule has 0 aliphatic rings. The van der Waals surface area contributed by atoms with Crippen LogP contribution in [0.25, 0.3) is 5.82 Å². The fraction of sp³-hybridized carbons (Fsp3) is 0.0714. The number of rotatable bonds is 3. The summed E-state index contributed by atoms with van der Waals surface area (Å²) in [5.74, 6) is 0.593. The monoisotopic (exact) mass is 320 g/mol. The molecule has 1 aromatic carbocycles. The number of aromatic nitrogens is 4. The van der Waals surface area contributed by atoms with E-state index in [1.165, 1.54) is 24.8 Å². The lowest BCUT2D eigenvalue weighted by atomic mass is 10.2. The molecular formula is C14H11F3N6. The van der Waals surface area contributed by atoms with E-state index in [4.69, 9.17) is 5.73 Å². The summed E-state index contributed by atoms with van der Waals surface area (Å²) in [5.41, 5.74) is 5.65. The first-order chi connectivity index (χ1) is 10.9. The molecule has 0 saturated heterocycles. The summed E-state index contributed by atoms with van der Waals surface area (Å²) in [6.07, 6.45) is 1.56.